The number of nitrogens with one attached hydrogen (secondary N) is 4. The smallest absolute Gasteiger partial charge is 0.00750 e. The molecule has 0 aromatic carbocycles. The molecule has 0 heterocycles. The first kappa shape index (κ1) is 55.1. The maximum atomic E-state index is 5.17. The van der Waals surface area contributed by atoms with Crippen molar-refractivity contribution in [3.05, 3.63) is 0 Å². The second-order valence-electron chi connectivity index (χ2n) is 5.31. The van der Waals surface area contributed by atoms with Gasteiger partial charge >= 0.3 is 0 Å². The molecule has 16 heteroatoms. The average Bonchev–Trinajstić information content (AvgIpc) is 2.71. The van der Waals surface area contributed by atoms with E-state index < -0.39 is 0 Å². The van der Waals surface area contributed by atoms with Crippen LogP contribution < -0.4 is 163 Å². The highest BCUT2D eigenvalue weighted by molar-refractivity contribution is 4.47. The lowest BCUT2D eigenvalue weighted by Gasteiger charge is -1.95. The van der Waals surface area contributed by atoms with Gasteiger partial charge in [0.15, 0.2) is 0 Å². The molecular weight excluding hydrogens is 868 g/mol. The lowest BCUT2D eigenvalue weighted by molar-refractivity contribution is -0.00100. The van der Waals surface area contributed by atoms with Crippen LogP contribution in [0.5, 0.6) is 0 Å². The second kappa shape index (κ2) is 69.9. The Morgan fingerprint density at radius 2 is 0.344 bits per heavy atom. The summed E-state index contributed by atoms with van der Waals surface area (Å²) in [4.78, 5) is 0. The van der Waals surface area contributed by atoms with Gasteiger partial charge in [-0.25, -0.2) is 0 Å². The molecule has 0 rings (SSSR count). The van der Waals surface area contributed by atoms with Gasteiger partial charge in [0.2, 0.25) is 0 Å². The Morgan fingerprint density at radius 3 is 0.406 bits per heavy atom. The number of nitrogens with two attached hydrogens (primary N) is 8. The van der Waals surface area contributed by atoms with Crippen molar-refractivity contribution in [3.63, 3.8) is 0 Å². The van der Waals surface area contributed by atoms with Gasteiger partial charge in [0.1, 0.15) is 0 Å². The molecule has 12 nitrogen and oxygen atoms in total. The monoisotopic (exact) mass is 920 g/mol. The van der Waals surface area contributed by atoms with E-state index in [9.17, 15) is 0 Å². The summed E-state index contributed by atoms with van der Waals surface area (Å²) in [5, 5.41) is 12.1. The molecule has 0 atom stereocenters. The molecule has 32 heavy (non-hydrogen) atoms. The highest BCUT2D eigenvalue weighted by Gasteiger charge is 1.78. The van der Waals surface area contributed by atoms with Gasteiger partial charge in [-0.15, -0.1) is 0 Å². The van der Waals surface area contributed by atoms with E-state index in [1.807, 2.05) is 0 Å². The van der Waals surface area contributed by atoms with Gasteiger partial charge in [0, 0.05) is 105 Å². The van der Waals surface area contributed by atoms with E-state index >= 15 is 0 Å². The Bertz CT molecular complexity index is 162. The molecule has 0 aromatic rings. The first-order chi connectivity index (χ1) is 13.7. The Morgan fingerprint density at radius 1 is 0.250 bits per heavy atom. The molecule has 0 spiro atoms. The molecule has 0 aliphatic carbocycles. The molecule has 0 aromatic heterocycles. The van der Waals surface area contributed by atoms with Crippen LogP contribution in [0.1, 0.15) is 0 Å². The minimum atomic E-state index is 0. The normalized spacial score (nSPS) is 8.25. The standard InChI is InChI=1S/4C4H13N3.4HI/c4*5-1-3-7-4-2-6;;;;/h4*7H,1-6H2;4*1H/p-4. The summed E-state index contributed by atoms with van der Waals surface area (Å²) in [7, 11) is 0. The van der Waals surface area contributed by atoms with E-state index in [1.165, 1.54) is 0 Å². The predicted octanol–water partition coefficient (Wildman–Crippen LogP) is -18.0. The molecular formula is C16H52I4N12-4. The molecule has 208 valence electrons. The van der Waals surface area contributed by atoms with Crippen molar-refractivity contribution in [1.29, 1.82) is 0 Å². The molecule has 0 aliphatic heterocycles. The molecule has 0 aliphatic rings. The van der Waals surface area contributed by atoms with Gasteiger partial charge in [0.25, 0.3) is 0 Å². The van der Waals surface area contributed by atoms with Crippen molar-refractivity contribution in [2.24, 2.45) is 45.9 Å². The van der Waals surface area contributed by atoms with Crippen LogP contribution in [-0.4, -0.2) is 105 Å². The van der Waals surface area contributed by atoms with Crippen LogP contribution in [0.15, 0.2) is 0 Å². The van der Waals surface area contributed by atoms with Gasteiger partial charge in [-0.05, 0) is 0 Å². The van der Waals surface area contributed by atoms with Crippen molar-refractivity contribution in [2.45, 2.75) is 0 Å². The summed E-state index contributed by atoms with van der Waals surface area (Å²) < 4.78 is 0. The molecule has 0 saturated heterocycles. The molecule has 0 fully saturated rings. The van der Waals surface area contributed by atoms with Gasteiger partial charge < -0.3 is 163 Å². The fourth-order valence-corrected chi connectivity index (χ4v) is 1.32. The fraction of sp³-hybridized carbons (Fsp3) is 1.00. The van der Waals surface area contributed by atoms with Gasteiger partial charge in [-0.3, -0.25) is 0 Å². The molecule has 0 unspecified atom stereocenters. The first-order valence-corrected chi connectivity index (χ1v) is 10.1. The van der Waals surface area contributed by atoms with Gasteiger partial charge in [-0.1, -0.05) is 0 Å². The number of hydrogen-bond acceptors (Lipinski definition) is 12. The Kier molecular flexibility index (Phi) is 120. The van der Waals surface area contributed by atoms with Crippen LogP contribution in [0.4, 0.5) is 0 Å². The zero-order valence-corrected chi connectivity index (χ0v) is 28.1. The fourth-order valence-electron chi connectivity index (χ4n) is 1.32. The van der Waals surface area contributed by atoms with Crippen LogP contribution in [0, 0.1) is 0 Å². The SMILES string of the molecule is NCCNCCN.NCCNCCN.NCCNCCN.NCCNCCN.[I-].[I-].[I-].[I-]. The Hall–Kier alpha value is 2.44. The van der Waals surface area contributed by atoms with Crippen molar-refractivity contribution >= 4 is 0 Å². The number of rotatable bonds is 16. The highest BCUT2D eigenvalue weighted by atomic mass is 127. The minimum absolute atomic E-state index is 0. The van der Waals surface area contributed by atoms with E-state index in [4.69, 9.17) is 45.9 Å². The van der Waals surface area contributed by atoms with E-state index in [1.54, 1.807) is 0 Å². The van der Waals surface area contributed by atoms with Crippen molar-refractivity contribution < 1.29 is 95.9 Å². The van der Waals surface area contributed by atoms with E-state index in [2.05, 4.69) is 21.3 Å². The van der Waals surface area contributed by atoms with Crippen LogP contribution in [0.2, 0.25) is 0 Å². The van der Waals surface area contributed by atoms with Crippen molar-refractivity contribution in [3.8, 4) is 0 Å². The van der Waals surface area contributed by atoms with Crippen molar-refractivity contribution in [2.75, 3.05) is 105 Å². The predicted molar refractivity (Wildman–Crippen MR) is 124 cm³/mol. The third kappa shape index (κ3) is 94.3. The molecule has 0 radical (unpaired) electrons. The molecule has 20 N–H and O–H groups in total. The maximum absolute atomic E-state index is 5.17. The van der Waals surface area contributed by atoms with Crippen LogP contribution >= 0.6 is 0 Å². The zero-order valence-electron chi connectivity index (χ0n) is 19.4. The lowest BCUT2D eigenvalue weighted by atomic mass is 10.6. The molecule has 0 saturated carbocycles. The molecule has 0 bridgehead atoms. The Labute approximate surface area is 265 Å². The Balaban J connectivity index is -0.0000000384. The van der Waals surface area contributed by atoms with Crippen LogP contribution in [0.25, 0.3) is 0 Å². The largest absolute Gasteiger partial charge is 1.00 e. The maximum Gasteiger partial charge on any atom is 0.00750 e. The minimum Gasteiger partial charge on any atom is -1.00 e. The van der Waals surface area contributed by atoms with Gasteiger partial charge in [0.05, 0.1) is 0 Å². The average molecular weight is 920 g/mol. The third-order valence-electron chi connectivity index (χ3n) is 2.57. The second-order valence-corrected chi connectivity index (χ2v) is 5.31. The van der Waals surface area contributed by atoms with Gasteiger partial charge in [-0.2, -0.15) is 0 Å². The zero-order chi connectivity index (χ0) is 22.1. The summed E-state index contributed by atoms with van der Waals surface area (Å²) in [6.45, 7) is 12.5. The number of halogens is 4. The quantitative estimate of drug-likeness (QED) is 0.0510. The van der Waals surface area contributed by atoms with Crippen LogP contribution in [-0.2, 0) is 0 Å². The summed E-state index contributed by atoms with van der Waals surface area (Å²) in [6.07, 6.45) is 0. The van der Waals surface area contributed by atoms with Crippen molar-refractivity contribution in [1.82, 2.24) is 21.3 Å². The molecule has 0 amide bonds. The van der Waals surface area contributed by atoms with E-state index in [0.29, 0.717) is 52.4 Å². The first-order valence-electron chi connectivity index (χ1n) is 10.1. The summed E-state index contributed by atoms with van der Waals surface area (Å²) in [6, 6.07) is 0. The summed E-state index contributed by atoms with van der Waals surface area (Å²) in [5.74, 6) is 0. The highest BCUT2D eigenvalue weighted by Crippen LogP contribution is 1.51. The summed E-state index contributed by atoms with van der Waals surface area (Å²) >= 11 is 0. The topological polar surface area (TPSA) is 256 Å². The third-order valence-corrected chi connectivity index (χ3v) is 2.57. The van der Waals surface area contributed by atoms with Crippen LogP contribution in [0.3, 0.4) is 0 Å². The van der Waals surface area contributed by atoms with E-state index in [0.717, 1.165) is 52.4 Å². The van der Waals surface area contributed by atoms with E-state index in [-0.39, 0.29) is 95.9 Å². The lowest BCUT2D eigenvalue weighted by Crippen LogP contribution is -3.00. The summed E-state index contributed by atoms with van der Waals surface area (Å²) in [5.41, 5.74) is 41.3. The number of hydrogen-bond donors (Lipinski definition) is 12.